The van der Waals surface area contributed by atoms with Crippen LogP contribution in [0.4, 0.5) is 0 Å². The van der Waals surface area contributed by atoms with Crippen molar-refractivity contribution in [3.05, 3.63) is 34.9 Å². The Morgan fingerprint density at radius 3 is 2.69 bits per heavy atom. The molecule has 4 heteroatoms. The molecule has 0 fully saturated rings. The summed E-state index contributed by atoms with van der Waals surface area (Å²) in [6.07, 6.45) is -0.424. The van der Waals surface area contributed by atoms with Crippen LogP contribution in [0.5, 0.6) is 0 Å². The maximum atomic E-state index is 11.7. The van der Waals surface area contributed by atoms with Crippen molar-refractivity contribution in [2.75, 3.05) is 14.2 Å². The second kappa shape index (κ2) is 5.87. The molecule has 3 nitrogen and oxygen atoms in total. The molecule has 0 aliphatic rings. The zero-order valence-electron chi connectivity index (χ0n) is 9.74. The molecule has 1 unspecified atom stereocenters. The van der Waals surface area contributed by atoms with E-state index in [0.29, 0.717) is 11.6 Å². The van der Waals surface area contributed by atoms with Gasteiger partial charge in [-0.3, -0.25) is 4.79 Å². The molecule has 0 bridgehead atoms. The lowest BCUT2D eigenvalue weighted by atomic mass is 10.2. The molecule has 0 heterocycles. The molecule has 1 aromatic rings. The summed E-state index contributed by atoms with van der Waals surface area (Å²) in [5.41, 5.74) is 0.934. The van der Waals surface area contributed by atoms with Crippen LogP contribution in [0, 0.1) is 0 Å². The molecule has 88 valence electrons. The quantitative estimate of drug-likeness (QED) is 0.810. The minimum Gasteiger partial charge on any atom is -0.372 e. The molecule has 0 saturated carbocycles. The highest BCUT2D eigenvalue weighted by molar-refractivity contribution is 6.31. The lowest BCUT2D eigenvalue weighted by Gasteiger charge is -2.21. The maximum absolute atomic E-state index is 11.7. The molecule has 1 rings (SSSR count). The summed E-state index contributed by atoms with van der Waals surface area (Å²) in [6.45, 7) is 2.22. The molecule has 0 spiro atoms. The normalized spacial score (nSPS) is 12.2. The van der Waals surface area contributed by atoms with Gasteiger partial charge in [0.25, 0.3) is 5.91 Å². The Labute approximate surface area is 101 Å². The number of amides is 1. The van der Waals surface area contributed by atoms with Gasteiger partial charge in [-0.05, 0) is 18.6 Å². The van der Waals surface area contributed by atoms with Gasteiger partial charge in [0.1, 0.15) is 6.10 Å². The first-order valence-corrected chi connectivity index (χ1v) is 5.45. The van der Waals surface area contributed by atoms with Crippen LogP contribution in [0.3, 0.4) is 0 Å². The van der Waals surface area contributed by atoms with Gasteiger partial charge in [0.05, 0.1) is 0 Å². The maximum Gasteiger partial charge on any atom is 0.251 e. The van der Waals surface area contributed by atoms with Crippen LogP contribution >= 0.6 is 11.6 Å². The van der Waals surface area contributed by atoms with Crippen LogP contribution in [0.15, 0.2) is 24.3 Å². The summed E-state index contributed by atoms with van der Waals surface area (Å²) in [5.74, 6) is -0.0533. The summed E-state index contributed by atoms with van der Waals surface area (Å²) < 4.78 is 4.98. The average molecular weight is 242 g/mol. The fraction of sp³-hybridized carbons (Fsp3) is 0.417. The van der Waals surface area contributed by atoms with E-state index in [9.17, 15) is 4.79 Å². The average Bonchev–Trinajstić information content (AvgIpc) is 2.30. The van der Waals surface area contributed by atoms with Crippen LogP contribution < -0.4 is 0 Å². The smallest absolute Gasteiger partial charge is 0.251 e. The van der Waals surface area contributed by atoms with Crippen molar-refractivity contribution in [1.29, 1.82) is 0 Å². The molecule has 0 aliphatic carbocycles. The van der Waals surface area contributed by atoms with Crippen LogP contribution in [0.2, 0.25) is 5.02 Å². The molecule has 1 aromatic carbocycles. The predicted octanol–water partition coefficient (Wildman–Crippen LogP) is 2.33. The molecule has 0 saturated heterocycles. The minimum atomic E-state index is -0.424. The third kappa shape index (κ3) is 3.22. The van der Waals surface area contributed by atoms with E-state index in [0.717, 1.165) is 5.56 Å². The minimum absolute atomic E-state index is 0.0533. The van der Waals surface area contributed by atoms with Crippen molar-refractivity contribution in [2.45, 2.75) is 19.6 Å². The molecule has 0 N–H and O–H groups in total. The number of likely N-dealkylation sites (N-methyl/N-ethyl adjacent to an activating group) is 1. The molecule has 1 atom stereocenters. The van der Waals surface area contributed by atoms with Gasteiger partial charge < -0.3 is 9.64 Å². The number of carbonyl (C=O) groups excluding carboxylic acids is 1. The van der Waals surface area contributed by atoms with Crippen LogP contribution in [0.25, 0.3) is 0 Å². The number of halogens is 1. The van der Waals surface area contributed by atoms with E-state index < -0.39 is 6.10 Å². The Morgan fingerprint density at radius 1 is 1.50 bits per heavy atom. The van der Waals surface area contributed by atoms with Crippen molar-refractivity contribution in [3.8, 4) is 0 Å². The first kappa shape index (κ1) is 13.0. The summed E-state index contributed by atoms with van der Waals surface area (Å²) in [5, 5.41) is 0.673. The van der Waals surface area contributed by atoms with Gasteiger partial charge in [0.15, 0.2) is 0 Å². The van der Waals surface area contributed by atoms with E-state index in [1.807, 2.05) is 24.3 Å². The van der Waals surface area contributed by atoms with E-state index in [-0.39, 0.29) is 5.91 Å². The van der Waals surface area contributed by atoms with Crippen molar-refractivity contribution >= 4 is 17.5 Å². The molecular weight excluding hydrogens is 226 g/mol. The molecular formula is C12H16ClNO2. The van der Waals surface area contributed by atoms with E-state index in [2.05, 4.69) is 0 Å². The van der Waals surface area contributed by atoms with Gasteiger partial charge in [-0.25, -0.2) is 0 Å². The highest BCUT2D eigenvalue weighted by Crippen LogP contribution is 2.16. The fourth-order valence-electron chi connectivity index (χ4n) is 1.37. The standard InChI is InChI=1S/C12H16ClNO2/c1-9(16-3)12(15)14(2)8-10-6-4-5-7-11(10)13/h4-7,9H,8H2,1-3H3. The lowest BCUT2D eigenvalue weighted by Crippen LogP contribution is -2.35. The van der Waals surface area contributed by atoms with Crippen molar-refractivity contribution in [2.24, 2.45) is 0 Å². The number of nitrogens with zero attached hydrogens (tertiary/aromatic N) is 1. The van der Waals surface area contributed by atoms with E-state index in [4.69, 9.17) is 16.3 Å². The van der Waals surface area contributed by atoms with Gasteiger partial charge in [0.2, 0.25) is 0 Å². The highest BCUT2D eigenvalue weighted by Gasteiger charge is 2.17. The Morgan fingerprint density at radius 2 is 2.12 bits per heavy atom. The number of methoxy groups -OCH3 is 1. The van der Waals surface area contributed by atoms with Crippen molar-refractivity contribution in [3.63, 3.8) is 0 Å². The molecule has 0 aromatic heterocycles. The fourth-order valence-corrected chi connectivity index (χ4v) is 1.57. The Kier molecular flexibility index (Phi) is 4.77. The number of hydrogen-bond acceptors (Lipinski definition) is 2. The highest BCUT2D eigenvalue weighted by atomic mass is 35.5. The second-order valence-electron chi connectivity index (χ2n) is 3.66. The van der Waals surface area contributed by atoms with Crippen LogP contribution in [-0.2, 0) is 16.1 Å². The lowest BCUT2D eigenvalue weighted by molar-refractivity contribution is -0.140. The molecule has 0 aliphatic heterocycles. The Bertz CT molecular complexity index is 368. The number of carbonyl (C=O) groups is 1. The molecule has 0 radical (unpaired) electrons. The topological polar surface area (TPSA) is 29.5 Å². The van der Waals surface area contributed by atoms with Gasteiger partial charge in [0, 0.05) is 25.7 Å². The summed E-state index contributed by atoms with van der Waals surface area (Å²) >= 11 is 6.02. The van der Waals surface area contributed by atoms with Gasteiger partial charge >= 0.3 is 0 Å². The van der Waals surface area contributed by atoms with Gasteiger partial charge in [-0.1, -0.05) is 29.8 Å². The van der Waals surface area contributed by atoms with Crippen LogP contribution in [-0.4, -0.2) is 31.1 Å². The van der Waals surface area contributed by atoms with Gasteiger partial charge in [-0.15, -0.1) is 0 Å². The first-order chi connectivity index (χ1) is 7.56. The molecule has 16 heavy (non-hydrogen) atoms. The number of ether oxygens (including phenoxy) is 1. The molecule has 1 amide bonds. The monoisotopic (exact) mass is 241 g/mol. The summed E-state index contributed by atoms with van der Waals surface area (Å²) in [7, 11) is 3.26. The van der Waals surface area contributed by atoms with E-state index in [1.54, 1.807) is 18.9 Å². The van der Waals surface area contributed by atoms with Crippen molar-refractivity contribution < 1.29 is 9.53 Å². The Hall–Kier alpha value is -1.06. The number of hydrogen-bond donors (Lipinski definition) is 0. The van der Waals surface area contributed by atoms with E-state index >= 15 is 0 Å². The second-order valence-corrected chi connectivity index (χ2v) is 4.07. The first-order valence-electron chi connectivity index (χ1n) is 5.07. The number of benzene rings is 1. The third-order valence-corrected chi connectivity index (χ3v) is 2.81. The number of rotatable bonds is 4. The van der Waals surface area contributed by atoms with Crippen molar-refractivity contribution in [1.82, 2.24) is 4.90 Å². The zero-order valence-corrected chi connectivity index (χ0v) is 10.5. The third-order valence-electron chi connectivity index (χ3n) is 2.44. The SMILES string of the molecule is COC(C)C(=O)N(C)Cc1ccccc1Cl. The Balaban J connectivity index is 2.68. The zero-order chi connectivity index (χ0) is 12.1. The van der Waals surface area contributed by atoms with Gasteiger partial charge in [-0.2, -0.15) is 0 Å². The largest absolute Gasteiger partial charge is 0.372 e. The van der Waals surface area contributed by atoms with Crippen LogP contribution in [0.1, 0.15) is 12.5 Å². The summed E-state index contributed by atoms with van der Waals surface area (Å²) in [6, 6.07) is 7.49. The van der Waals surface area contributed by atoms with E-state index in [1.165, 1.54) is 7.11 Å². The predicted molar refractivity (Wildman–Crippen MR) is 64.4 cm³/mol. The summed E-state index contributed by atoms with van der Waals surface area (Å²) in [4.78, 5) is 13.4.